The summed E-state index contributed by atoms with van der Waals surface area (Å²) in [6, 6.07) is 29.1. The smallest absolute Gasteiger partial charge is 0.251 e. The number of thioether (sulfide) groups is 1. The first-order chi connectivity index (χ1) is 24.8. The van der Waals surface area contributed by atoms with Crippen LogP contribution in [-0.2, 0) is 9.59 Å². The minimum Gasteiger partial charge on any atom is -0.871 e. The zero-order valence-electron chi connectivity index (χ0n) is 30.7. The number of Topliss-reactive ketones (excluding diaryl/α,β-unsaturated/α-hetero) is 2. The van der Waals surface area contributed by atoms with Crippen LogP contribution in [-0.4, -0.2) is 16.6 Å². The summed E-state index contributed by atoms with van der Waals surface area (Å²) in [5, 5.41) is 15.9. The molecule has 0 spiro atoms. The van der Waals surface area contributed by atoms with Gasteiger partial charge < -0.3 is 10.0 Å². The summed E-state index contributed by atoms with van der Waals surface area (Å²) < 4.78 is 2.18. The van der Waals surface area contributed by atoms with Crippen molar-refractivity contribution in [1.29, 1.82) is 0 Å². The van der Waals surface area contributed by atoms with E-state index in [-0.39, 0.29) is 11.1 Å². The van der Waals surface area contributed by atoms with E-state index in [1.165, 1.54) is 28.7 Å². The minimum absolute atomic E-state index is 0.0622. The van der Waals surface area contributed by atoms with Crippen LogP contribution >= 0.6 is 23.1 Å². The fourth-order valence-corrected chi connectivity index (χ4v) is 9.11. The van der Waals surface area contributed by atoms with Gasteiger partial charge in [0.05, 0.1) is 0 Å². The molecular weight excluding hydrogens is 681 g/mol. The Morgan fingerprint density at radius 2 is 1.17 bits per heavy atom. The van der Waals surface area contributed by atoms with Crippen molar-refractivity contribution in [3.63, 3.8) is 0 Å². The number of carbonyl (C=O) groups is 2. The fourth-order valence-electron chi connectivity index (χ4n) is 6.96. The zero-order valence-corrected chi connectivity index (χ0v) is 32.3. The number of benzene rings is 4. The monoisotopic (exact) mass is 720 g/mol. The minimum atomic E-state index is -0.756. The summed E-state index contributed by atoms with van der Waals surface area (Å²) in [5.74, 6) is -2.04. The van der Waals surface area contributed by atoms with Gasteiger partial charge in [-0.15, -0.1) is 15.9 Å². The summed E-state index contributed by atoms with van der Waals surface area (Å²) in [5.41, 5.74) is 13.0. The van der Waals surface area contributed by atoms with Crippen molar-refractivity contribution in [3.8, 4) is 0 Å². The summed E-state index contributed by atoms with van der Waals surface area (Å²) in [6.45, 7) is 16.6. The number of thiophene rings is 1. The molecule has 0 atom stereocenters. The molecule has 1 aliphatic carbocycles. The van der Waals surface area contributed by atoms with E-state index in [1.54, 1.807) is 12.1 Å². The van der Waals surface area contributed by atoms with Crippen LogP contribution in [0.25, 0.3) is 5.57 Å². The molecule has 0 radical (unpaired) electrons. The first-order valence-electron chi connectivity index (χ1n) is 17.3. The number of nitrogens with zero attached hydrogens (tertiary/aromatic N) is 2. The largest absolute Gasteiger partial charge is 0.871 e. The van der Waals surface area contributed by atoms with Crippen molar-refractivity contribution in [2.75, 3.05) is 4.90 Å². The van der Waals surface area contributed by atoms with Crippen LogP contribution < -0.4 is 14.6 Å². The average molecular weight is 721 g/mol. The maximum Gasteiger partial charge on any atom is 0.251 e. The molecule has 1 aliphatic heterocycles. The Labute approximate surface area is 314 Å². The van der Waals surface area contributed by atoms with Gasteiger partial charge >= 0.3 is 0 Å². The second-order valence-corrected chi connectivity index (χ2v) is 15.9. The van der Waals surface area contributed by atoms with Crippen molar-refractivity contribution in [1.82, 2.24) is 4.58 Å². The first kappa shape index (κ1) is 35.2. The van der Waals surface area contributed by atoms with E-state index in [4.69, 9.17) is 0 Å². The van der Waals surface area contributed by atoms with Gasteiger partial charge in [0.25, 0.3) is 5.04 Å². The molecule has 0 bridgehead atoms. The molecule has 4 aromatic carbocycles. The number of anilines is 3. The number of hydrogen-bond donors (Lipinski definition) is 0. The quantitative estimate of drug-likeness (QED) is 0.0993. The Morgan fingerprint density at radius 3 is 1.77 bits per heavy atom. The third-order valence-electron chi connectivity index (χ3n) is 9.76. The van der Waals surface area contributed by atoms with E-state index in [0.717, 1.165) is 71.7 Å². The highest BCUT2D eigenvalue weighted by molar-refractivity contribution is 8.18. The summed E-state index contributed by atoms with van der Waals surface area (Å²) >= 11 is 2.69. The standard InChI is InChI=1S/C45H40N2O3S2/c1-25-9-14-34(30(6)21-25)46(33-13-12-28(4)29(5)24-33)39-19-17-37(51-39)41-43(48)42(45(50)44(41)49)38-18-20-40(52-38)47(35-15-10-26(2)22-31(35)7)36-16-11-27(3)23-32(36)8/h9-24H,1-8H3. The van der Waals surface area contributed by atoms with E-state index in [2.05, 4.69) is 138 Å². The molecule has 7 rings (SSSR count). The zero-order chi connectivity index (χ0) is 37.0. The molecule has 2 aliphatic rings. The lowest BCUT2D eigenvalue weighted by molar-refractivity contribution is -0.294. The van der Waals surface area contributed by atoms with Gasteiger partial charge in [-0.2, -0.15) is 0 Å². The van der Waals surface area contributed by atoms with Gasteiger partial charge in [-0.05, 0) is 132 Å². The lowest BCUT2D eigenvalue weighted by Gasteiger charge is -2.26. The molecule has 2 heterocycles. The highest BCUT2D eigenvalue weighted by Gasteiger charge is 2.37. The van der Waals surface area contributed by atoms with Crippen LogP contribution in [0.2, 0.25) is 0 Å². The van der Waals surface area contributed by atoms with Crippen molar-refractivity contribution >= 4 is 73.0 Å². The molecular formula is C45H40N2O3S2. The molecule has 0 amide bonds. The molecule has 5 aromatic rings. The van der Waals surface area contributed by atoms with Crippen LogP contribution in [0.3, 0.4) is 0 Å². The highest BCUT2D eigenvalue weighted by Crippen LogP contribution is 2.46. The number of allylic oxidation sites excluding steroid dienone is 3. The van der Waals surface area contributed by atoms with Crippen LogP contribution in [0.4, 0.5) is 27.8 Å². The van der Waals surface area contributed by atoms with Crippen molar-refractivity contribution < 1.29 is 14.7 Å². The summed E-state index contributed by atoms with van der Waals surface area (Å²) in [4.78, 5) is 30.5. The van der Waals surface area contributed by atoms with Gasteiger partial charge in [0.1, 0.15) is 5.00 Å². The van der Waals surface area contributed by atoms with E-state index in [1.807, 2.05) is 12.1 Å². The second-order valence-electron chi connectivity index (χ2n) is 13.8. The van der Waals surface area contributed by atoms with Crippen LogP contribution in [0.15, 0.2) is 113 Å². The molecule has 7 heteroatoms. The van der Waals surface area contributed by atoms with E-state index in [9.17, 15) is 14.7 Å². The van der Waals surface area contributed by atoms with Gasteiger partial charge in [0, 0.05) is 61.6 Å². The third-order valence-corrected chi connectivity index (χ3v) is 11.9. The maximum absolute atomic E-state index is 14.2. The second kappa shape index (κ2) is 13.7. The lowest BCUT2D eigenvalue weighted by Crippen LogP contribution is -2.14. The molecule has 260 valence electrons. The van der Waals surface area contributed by atoms with Gasteiger partial charge in [0.15, 0.2) is 0 Å². The Morgan fingerprint density at radius 1 is 0.577 bits per heavy atom. The van der Waals surface area contributed by atoms with Gasteiger partial charge in [-0.25, -0.2) is 0 Å². The Bertz CT molecular complexity index is 2420. The van der Waals surface area contributed by atoms with Gasteiger partial charge in [-0.3, -0.25) is 9.59 Å². The predicted molar refractivity (Wildman–Crippen MR) is 217 cm³/mol. The first-order valence-corrected chi connectivity index (χ1v) is 18.9. The van der Waals surface area contributed by atoms with E-state index >= 15 is 0 Å². The molecule has 1 aromatic heterocycles. The summed E-state index contributed by atoms with van der Waals surface area (Å²) in [6.07, 6.45) is 3.73. The maximum atomic E-state index is 14.2. The average Bonchev–Trinajstić information content (AvgIpc) is 3.81. The normalized spacial score (nSPS) is 15.7. The number of carbonyl (C=O) groups excluding carboxylic acids is 2. The van der Waals surface area contributed by atoms with Gasteiger partial charge in [0.2, 0.25) is 22.9 Å². The Balaban J connectivity index is 1.32. The molecule has 0 N–H and O–H groups in total. The van der Waals surface area contributed by atoms with Crippen molar-refractivity contribution in [3.05, 3.63) is 163 Å². The number of hydrogen-bond acceptors (Lipinski definition) is 6. The Kier molecular flexibility index (Phi) is 9.28. The number of rotatable bonds is 6. The molecule has 0 saturated carbocycles. The molecule has 5 nitrogen and oxygen atoms in total. The third kappa shape index (κ3) is 6.29. The molecule has 52 heavy (non-hydrogen) atoms. The highest BCUT2D eigenvalue weighted by atomic mass is 32.2. The van der Waals surface area contributed by atoms with Crippen LogP contribution in [0, 0.1) is 55.4 Å². The SMILES string of the molecule is Cc1ccc(N(c2ccc(C)c(C)c2)c2ccc(C3=C([O-])/C(=C4\C=CC(=[N+](c5ccc(C)cc5C)c5ccc(C)cc5C)S4)C(=O)C3=O)s2)c(C)c1. The molecule has 0 saturated heterocycles. The lowest BCUT2D eigenvalue weighted by atomic mass is 10.1. The molecule has 0 fully saturated rings. The topological polar surface area (TPSA) is 63.4 Å². The van der Waals surface area contributed by atoms with Gasteiger partial charge in [-0.1, -0.05) is 52.8 Å². The molecule has 0 unspecified atom stereocenters. The van der Waals surface area contributed by atoms with E-state index < -0.39 is 17.3 Å². The number of aryl methyl sites for hydroxylation is 8. The summed E-state index contributed by atoms with van der Waals surface area (Å²) in [7, 11) is 0. The van der Waals surface area contributed by atoms with E-state index in [0.29, 0.717) is 9.78 Å². The predicted octanol–water partition coefficient (Wildman–Crippen LogP) is 10.4. The fraction of sp³-hybridized carbons (Fsp3) is 0.178. The van der Waals surface area contributed by atoms with Crippen LogP contribution in [0.5, 0.6) is 0 Å². The van der Waals surface area contributed by atoms with Crippen molar-refractivity contribution in [2.24, 2.45) is 0 Å². The Hall–Kier alpha value is -5.24. The van der Waals surface area contributed by atoms with Crippen LogP contribution in [0.1, 0.15) is 49.4 Å². The number of ketones is 2. The van der Waals surface area contributed by atoms with Crippen molar-refractivity contribution in [2.45, 2.75) is 55.4 Å².